The smallest absolute Gasteiger partial charge is 0.135 e. The molecule has 230 valence electrons. The number of nitrogens with zero attached hydrogens (tertiary/aromatic N) is 1. The molecule has 0 saturated heterocycles. The lowest BCUT2D eigenvalue weighted by atomic mass is 9.97. The molecule has 0 N–H and O–H groups in total. The van der Waals surface area contributed by atoms with E-state index in [1.165, 1.54) is 58.9 Å². The lowest BCUT2D eigenvalue weighted by molar-refractivity contribution is 0.669. The van der Waals surface area contributed by atoms with Crippen LogP contribution in [0.1, 0.15) is 0 Å². The average Bonchev–Trinajstić information content (AvgIpc) is 3.74. The van der Waals surface area contributed by atoms with Crippen LogP contribution in [0.5, 0.6) is 0 Å². The van der Waals surface area contributed by atoms with Gasteiger partial charge in [0, 0.05) is 42.3 Å². The van der Waals surface area contributed by atoms with Gasteiger partial charge in [0.15, 0.2) is 0 Å². The summed E-state index contributed by atoms with van der Waals surface area (Å²) in [6.07, 6.45) is 0. The van der Waals surface area contributed by atoms with Gasteiger partial charge in [-0.1, -0.05) is 115 Å². The van der Waals surface area contributed by atoms with Gasteiger partial charge in [0.05, 0.1) is 5.69 Å². The van der Waals surface area contributed by atoms with Gasteiger partial charge in [0.1, 0.15) is 11.2 Å². The first-order valence-corrected chi connectivity index (χ1v) is 17.4. The molecular formula is C46H29NOS. The third-order valence-corrected chi connectivity index (χ3v) is 10.8. The fraction of sp³-hybridized carbons (Fsp3) is 0. The topological polar surface area (TPSA) is 16.4 Å². The van der Waals surface area contributed by atoms with Crippen LogP contribution < -0.4 is 4.90 Å². The van der Waals surface area contributed by atoms with Crippen LogP contribution in [0.3, 0.4) is 0 Å². The summed E-state index contributed by atoms with van der Waals surface area (Å²) in [5.41, 5.74) is 9.99. The number of hydrogen-bond donors (Lipinski definition) is 0. The Kier molecular flexibility index (Phi) is 6.39. The highest BCUT2D eigenvalue weighted by atomic mass is 32.1. The third kappa shape index (κ3) is 4.62. The molecule has 0 atom stereocenters. The number of hydrogen-bond acceptors (Lipinski definition) is 3. The molecule has 0 amide bonds. The van der Waals surface area contributed by atoms with E-state index in [1.54, 1.807) is 0 Å². The van der Waals surface area contributed by atoms with Gasteiger partial charge in [-0.3, -0.25) is 0 Å². The van der Waals surface area contributed by atoms with Crippen LogP contribution in [0.4, 0.5) is 17.1 Å². The fourth-order valence-corrected chi connectivity index (χ4v) is 8.49. The van der Waals surface area contributed by atoms with E-state index in [0.29, 0.717) is 0 Å². The minimum absolute atomic E-state index is 0.912. The van der Waals surface area contributed by atoms with Crippen molar-refractivity contribution in [3.8, 4) is 22.3 Å². The van der Waals surface area contributed by atoms with Gasteiger partial charge >= 0.3 is 0 Å². The molecular weight excluding hydrogens is 615 g/mol. The maximum absolute atomic E-state index is 6.11. The van der Waals surface area contributed by atoms with Crippen LogP contribution in [0.15, 0.2) is 180 Å². The number of benzene rings is 8. The molecule has 3 heteroatoms. The number of thiophene rings is 1. The lowest BCUT2D eigenvalue weighted by Gasteiger charge is -2.27. The van der Waals surface area contributed by atoms with Crippen molar-refractivity contribution in [2.75, 3.05) is 4.90 Å². The monoisotopic (exact) mass is 643 g/mol. The summed E-state index contributed by atoms with van der Waals surface area (Å²) in [5, 5.41) is 7.34. The summed E-state index contributed by atoms with van der Waals surface area (Å²) >= 11 is 1.85. The van der Waals surface area contributed by atoms with Gasteiger partial charge in [0.25, 0.3) is 0 Å². The molecule has 0 aliphatic heterocycles. The third-order valence-electron chi connectivity index (χ3n) is 9.66. The molecule has 0 aliphatic rings. The molecule has 0 fully saturated rings. The Morgan fingerprint density at radius 2 is 1.10 bits per heavy atom. The zero-order valence-electron chi connectivity index (χ0n) is 26.5. The highest BCUT2D eigenvalue weighted by Crippen LogP contribution is 2.46. The normalized spacial score (nSPS) is 11.7. The molecule has 8 aromatic carbocycles. The number of rotatable bonds is 5. The SMILES string of the molecule is c1cc(-c2cccc3ccccc23)cc(N(c2ccc(-c3ccc4oc5ccccc5c4c3)cc2)c2cccc3sc4ccccc4c23)c1. The number of fused-ring (bicyclic) bond motifs is 7. The zero-order valence-corrected chi connectivity index (χ0v) is 27.3. The molecule has 0 saturated carbocycles. The molecule has 0 bridgehead atoms. The quantitative estimate of drug-likeness (QED) is 0.186. The second-order valence-corrected chi connectivity index (χ2v) is 13.6. The molecule has 0 spiro atoms. The second kappa shape index (κ2) is 11.2. The maximum Gasteiger partial charge on any atom is 0.135 e. The van der Waals surface area contributed by atoms with Crippen molar-refractivity contribution in [1.29, 1.82) is 0 Å². The van der Waals surface area contributed by atoms with Crippen LogP contribution in [-0.2, 0) is 0 Å². The predicted octanol–water partition coefficient (Wildman–Crippen LogP) is 13.9. The predicted molar refractivity (Wildman–Crippen MR) is 210 cm³/mol. The van der Waals surface area contributed by atoms with Crippen LogP contribution in [0.2, 0.25) is 0 Å². The first kappa shape index (κ1) is 27.9. The fourth-order valence-electron chi connectivity index (χ4n) is 7.37. The minimum Gasteiger partial charge on any atom is -0.456 e. The van der Waals surface area contributed by atoms with Crippen LogP contribution >= 0.6 is 11.3 Å². The Hall–Kier alpha value is -6.16. The summed E-state index contributed by atoms with van der Waals surface area (Å²) in [6, 6.07) is 63.4. The Morgan fingerprint density at radius 3 is 2.02 bits per heavy atom. The number of anilines is 3. The Labute approximate surface area is 287 Å². The van der Waals surface area contributed by atoms with Crippen LogP contribution in [-0.4, -0.2) is 0 Å². The summed E-state index contributed by atoms with van der Waals surface area (Å²) in [4.78, 5) is 2.42. The Balaban J connectivity index is 1.15. The van der Waals surface area contributed by atoms with E-state index in [1.807, 2.05) is 23.5 Å². The van der Waals surface area contributed by atoms with Gasteiger partial charge in [0.2, 0.25) is 0 Å². The zero-order chi connectivity index (χ0) is 32.3. The average molecular weight is 644 g/mol. The summed E-state index contributed by atoms with van der Waals surface area (Å²) in [6.45, 7) is 0. The molecule has 10 aromatic rings. The van der Waals surface area contributed by atoms with Gasteiger partial charge in [-0.25, -0.2) is 0 Å². The van der Waals surface area contributed by atoms with E-state index in [2.05, 4.69) is 169 Å². The summed E-state index contributed by atoms with van der Waals surface area (Å²) in [5.74, 6) is 0. The molecule has 2 heterocycles. The van der Waals surface area contributed by atoms with E-state index < -0.39 is 0 Å². The van der Waals surface area contributed by atoms with Gasteiger partial charge < -0.3 is 9.32 Å². The van der Waals surface area contributed by atoms with Crippen molar-refractivity contribution < 1.29 is 4.42 Å². The van der Waals surface area contributed by atoms with Gasteiger partial charge in [-0.2, -0.15) is 0 Å². The molecule has 2 nitrogen and oxygen atoms in total. The van der Waals surface area contributed by atoms with Crippen molar-refractivity contribution in [2.45, 2.75) is 0 Å². The molecule has 49 heavy (non-hydrogen) atoms. The van der Waals surface area contributed by atoms with E-state index in [4.69, 9.17) is 4.42 Å². The van der Waals surface area contributed by atoms with Crippen molar-refractivity contribution in [3.63, 3.8) is 0 Å². The molecule has 0 aliphatic carbocycles. The van der Waals surface area contributed by atoms with Gasteiger partial charge in [-0.05, 0) is 93.7 Å². The summed E-state index contributed by atoms with van der Waals surface area (Å²) in [7, 11) is 0. The molecule has 10 rings (SSSR count). The van der Waals surface area contributed by atoms with Gasteiger partial charge in [-0.15, -0.1) is 11.3 Å². The number of para-hydroxylation sites is 1. The van der Waals surface area contributed by atoms with Crippen molar-refractivity contribution >= 4 is 81.3 Å². The van der Waals surface area contributed by atoms with Crippen molar-refractivity contribution in [3.05, 3.63) is 176 Å². The Bertz CT molecular complexity index is 2840. The Morgan fingerprint density at radius 1 is 0.408 bits per heavy atom. The van der Waals surface area contributed by atoms with E-state index in [-0.39, 0.29) is 0 Å². The van der Waals surface area contributed by atoms with Crippen LogP contribution in [0.25, 0.3) is 75.1 Å². The standard InChI is InChI=1S/C46H29NOS/c1-2-14-36-31(10-1)11-8-17-37(36)33-12-7-13-35(28-33)47(41-18-9-21-45-46(41)39-16-4-6-20-44(39)49-45)34-25-22-30(23-26-34)32-24-27-43-40(29-32)38-15-3-5-19-42(38)48-43/h1-29H. The second-order valence-electron chi connectivity index (χ2n) is 12.5. The number of furan rings is 1. The molecule has 2 aromatic heterocycles. The van der Waals surface area contributed by atoms with E-state index in [0.717, 1.165) is 33.3 Å². The maximum atomic E-state index is 6.11. The highest BCUT2D eigenvalue weighted by Gasteiger charge is 2.19. The van der Waals surface area contributed by atoms with Crippen molar-refractivity contribution in [1.82, 2.24) is 0 Å². The van der Waals surface area contributed by atoms with E-state index in [9.17, 15) is 0 Å². The largest absolute Gasteiger partial charge is 0.456 e. The first-order valence-electron chi connectivity index (χ1n) is 16.6. The summed E-state index contributed by atoms with van der Waals surface area (Å²) < 4.78 is 8.69. The lowest BCUT2D eigenvalue weighted by Crippen LogP contribution is -2.10. The van der Waals surface area contributed by atoms with Crippen LogP contribution in [0, 0.1) is 0 Å². The first-order chi connectivity index (χ1) is 24.3. The van der Waals surface area contributed by atoms with E-state index >= 15 is 0 Å². The van der Waals surface area contributed by atoms with Crippen molar-refractivity contribution in [2.24, 2.45) is 0 Å². The molecule has 0 unspecified atom stereocenters. The molecule has 0 radical (unpaired) electrons. The minimum atomic E-state index is 0.912. The highest BCUT2D eigenvalue weighted by molar-refractivity contribution is 7.26.